The van der Waals surface area contributed by atoms with Crippen LogP contribution in [0.25, 0.3) is 11.0 Å². The van der Waals surface area contributed by atoms with Gasteiger partial charge in [0.1, 0.15) is 17.8 Å². The summed E-state index contributed by atoms with van der Waals surface area (Å²) in [5.41, 5.74) is 0.845. The summed E-state index contributed by atoms with van der Waals surface area (Å²) in [6.07, 6.45) is 13.5. The minimum Gasteiger partial charge on any atom is -0.376 e. The zero-order chi connectivity index (χ0) is 24.8. The van der Waals surface area contributed by atoms with Gasteiger partial charge in [0.25, 0.3) is 0 Å². The summed E-state index contributed by atoms with van der Waals surface area (Å²) in [7, 11) is -1.03. The van der Waals surface area contributed by atoms with Crippen molar-refractivity contribution in [3.05, 3.63) is 30.9 Å². The second kappa shape index (κ2) is 11.7. The minimum atomic E-state index is -3.11. The molecule has 2 aromatic rings. The first-order chi connectivity index (χ1) is 16.8. The number of nitrogens with one attached hydrogen (secondary N) is 1. The van der Waals surface area contributed by atoms with Crippen LogP contribution in [0.4, 0.5) is 5.82 Å². The first-order valence-electron chi connectivity index (χ1n) is 13.0. The van der Waals surface area contributed by atoms with Crippen LogP contribution in [-0.2, 0) is 14.6 Å². The number of ether oxygens (including phenoxy) is 1. The van der Waals surface area contributed by atoms with Crippen molar-refractivity contribution in [1.82, 2.24) is 19.9 Å². The van der Waals surface area contributed by atoms with E-state index in [1.165, 1.54) is 0 Å². The van der Waals surface area contributed by atoms with E-state index in [0.717, 1.165) is 75.1 Å². The Labute approximate surface area is 210 Å². The fourth-order valence-corrected chi connectivity index (χ4v) is 6.91. The number of H-pyrrole nitrogens is 1. The number of sulfone groups is 1. The molecule has 194 valence electrons. The molecule has 0 bridgehead atoms. The van der Waals surface area contributed by atoms with Crippen LogP contribution in [-0.4, -0.2) is 78.7 Å². The van der Waals surface area contributed by atoms with Gasteiger partial charge < -0.3 is 19.5 Å². The number of hydrogen-bond donors (Lipinski definition) is 1. The Kier molecular flexibility index (Phi) is 8.70. The molecule has 2 aromatic heterocycles. The van der Waals surface area contributed by atoms with E-state index < -0.39 is 9.84 Å². The van der Waals surface area contributed by atoms with E-state index in [1.54, 1.807) is 6.33 Å². The van der Waals surface area contributed by atoms with E-state index in [2.05, 4.69) is 45.6 Å². The van der Waals surface area contributed by atoms with Gasteiger partial charge in [-0.15, -0.1) is 0 Å². The number of aromatic amines is 1. The molecule has 1 aliphatic heterocycles. The second-order valence-corrected chi connectivity index (χ2v) is 12.8. The Hall–Kier alpha value is -2.13. The van der Waals surface area contributed by atoms with Crippen molar-refractivity contribution in [3.8, 4) is 0 Å². The quantitative estimate of drug-likeness (QED) is 0.524. The summed E-state index contributed by atoms with van der Waals surface area (Å²) in [5.74, 6) is 2.10. The Morgan fingerprint density at radius 3 is 2.80 bits per heavy atom. The van der Waals surface area contributed by atoms with E-state index in [0.29, 0.717) is 12.0 Å². The average molecular weight is 504 g/mol. The van der Waals surface area contributed by atoms with Crippen LogP contribution in [0, 0.1) is 11.8 Å². The van der Waals surface area contributed by atoms with Crippen molar-refractivity contribution in [2.75, 3.05) is 43.1 Å². The number of aromatic nitrogens is 3. The second-order valence-electron chi connectivity index (χ2n) is 10.7. The number of hydrogen-bond acceptors (Lipinski definition) is 7. The van der Waals surface area contributed by atoms with Crippen molar-refractivity contribution >= 4 is 26.7 Å². The number of likely N-dealkylation sites (tertiary alicyclic amines) is 1. The number of rotatable bonds is 10. The highest BCUT2D eigenvalue weighted by Gasteiger charge is 2.28. The third-order valence-electron chi connectivity index (χ3n) is 7.26. The highest BCUT2D eigenvalue weighted by molar-refractivity contribution is 7.91. The molecule has 1 saturated carbocycles. The molecule has 8 nitrogen and oxygen atoms in total. The molecule has 1 saturated heterocycles. The molecule has 1 N–H and O–H groups in total. The molecular weight excluding hydrogens is 462 g/mol. The molecule has 1 aliphatic carbocycles. The van der Waals surface area contributed by atoms with Gasteiger partial charge in [-0.3, -0.25) is 0 Å². The predicted octanol–water partition coefficient (Wildman–Crippen LogP) is 4.02. The van der Waals surface area contributed by atoms with Gasteiger partial charge >= 0.3 is 0 Å². The van der Waals surface area contributed by atoms with E-state index in [-0.39, 0.29) is 23.5 Å². The van der Waals surface area contributed by atoms with Gasteiger partial charge in [0.2, 0.25) is 0 Å². The maximum absolute atomic E-state index is 12.8. The molecule has 35 heavy (non-hydrogen) atoms. The molecule has 1 unspecified atom stereocenters. The lowest BCUT2D eigenvalue weighted by molar-refractivity contribution is -0.00111. The molecule has 0 radical (unpaired) electrons. The van der Waals surface area contributed by atoms with Gasteiger partial charge in [-0.05, 0) is 62.6 Å². The van der Waals surface area contributed by atoms with Gasteiger partial charge in [-0.1, -0.05) is 19.9 Å². The zero-order valence-electron chi connectivity index (χ0n) is 21.4. The summed E-state index contributed by atoms with van der Waals surface area (Å²) < 4.78 is 31.6. The van der Waals surface area contributed by atoms with Crippen LogP contribution in [0.1, 0.15) is 52.4 Å². The Balaban J connectivity index is 1.22. The first-order valence-corrected chi connectivity index (χ1v) is 14.9. The molecule has 0 spiro atoms. The molecule has 1 atom stereocenters. The zero-order valence-corrected chi connectivity index (χ0v) is 22.2. The van der Waals surface area contributed by atoms with Crippen molar-refractivity contribution < 1.29 is 13.2 Å². The third kappa shape index (κ3) is 7.19. The van der Waals surface area contributed by atoms with E-state index in [1.807, 2.05) is 24.5 Å². The summed E-state index contributed by atoms with van der Waals surface area (Å²) in [6.45, 7) is 6.92. The van der Waals surface area contributed by atoms with Crippen LogP contribution in [0.15, 0.2) is 30.9 Å². The summed E-state index contributed by atoms with van der Waals surface area (Å²) in [4.78, 5) is 16.4. The smallest absolute Gasteiger partial charge is 0.154 e. The Bertz CT molecular complexity index is 1080. The molecular formula is C26H41N5O3S. The van der Waals surface area contributed by atoms with Crippen molar-refractivity contribution in [3.63, 3.8) is 0 Å². The number of nitrogens with zero attached hydrogens (tertiary/aromatic N) is 4. The average Bonchev–Trinajstić information content (AvgIpc) is 3.32. The standard InChI is InChI=1S/C26H41N5O3S/c1-20(2)17-34-23-6-4-13-31(16-23)14-5-15-35(32,33)18-21-7-9-22(10-8-21)30(3)26-24-11-12-27-25(24)28-19-29-26/h5,11-12,14,19-23H,4,6-10,13,15-18H2,1-3H3,(H,27,28,29). The lowest BCUT2D eigenvalue weighted by Crippen LogP contribution is -2.37. The summed E-state index contributed by atoms with van der Waals surface area (Å²) in [6, 6.07) is 2.38. The molecule has 2 fully saturated rings. The van der Waals surface area contributed by atoms with Crippen LogP contribution in [0.2, 0.25) is 0 Å². The van der Waals surface area contributed by atoms with Crippen molar-refractivity contribution in [2.45, 2.75) is 64.5 Å². The van der Waals surface area contributed by atoms with Crippen molar-refractivity contribution in [2.24, 2.45) is 11.8 Å². The molecule has 0 amide bonds. The van der Waals surface area contributed by atoms with Gasteiger partial charge in [0.15, 0.2) is 9.84 Å². The number of piperidine rings is 1. The van der Waals surface area contributed by atoms with E-state index in [9.17, 15) is 8.42 Å². The Morgan fingerprint density at radius 1 is 1.23 bits per heavy atom. The van der Waals surface area contributed by atoms with Gasteiger partial charge in [-0.25, -0.2) is 18.4 Å². The lowest BCUT2D eigenvalue weighted by atomic mass is 9.86. The normalized spacial score (nSPS) is 24.0. The topological polar surface area (TPSA) is 91.4 Å². The lowest BCUT2D eigenvalue weighted by Gasteiger charge is -2.35. The highest BCUT2D eigenvalue weighted by Crippen LogP contribution is 2.32. The Morgan fingerprint density at radius 2 is 2.03 bits per heavy atom. The van der Waals surface area contributed by atoms with Crippen molar-refractivity contribution in [1.29, 1.82) is 0 Å². The van der Waals surface area contributed by atoms with Gasteiger partial charge in [0, 0.05) is 39.0 Å². The number of anilines is 1. The molecule has 2 aliphatic rings. The van der Waals surface area contributed by atoms with Crippen LogP contribution in [0.5, 0.6) is 0 Å². The van der Waals surface area contributed by atoms with Gasteiger partial charge in [0.05, 0.1) is 23.0 Å². The SMILES string of the molecule is CC(C)COC1CCCN(C=CCS(=O)(=O)CC2CCC(N(C)c3ncnc4[nH]ccc34)CC2)C1. The minimum absolute atomic E-state index is 0.118. The van der Waals surface area contributed by atoms with Crippen LogP contribution < -0.4 is 4.90 Å². The third-order valence-corrected chi connectivity index (χ3v) is 8.94. The number of fused-ring (bicyclic) bond motifs is 1. The predicted molar refractivity (Wildman–Crippen MR) is 141 cm³/mol. The molecule has 4 rings (SSSR count). The van der Waals surface area contributed by atoms with E-state index in [4.69, 9.17) is 4.74 Å². The largest absolute Gasteiger partial charge is 0.376 e. The summed E-state index contributed by atoms with van der Waals surface area (Å²) >= 11 is 0. The monoisotopic (exact) mass is 503 g/mol. The maximum Gasteiger partial charge on any atom is 0.154 e. The summed E-state index contributed by atoms with van der Waals surface area (Å²) in [5, 5.41) is 1.03. The fourth-order valence-electron chi connectivity index (χ4n) is 5.34. The van der Waals surface area contributed by atoms with Crippen LogP contribution >= 0.6 is 0 Å². The van der Waals surface area contributed by atoms with E-state index >= 15 is 0 Å². The molecule has 0 aromatic carbocycles. The fraction of sp³-hybridized carbons (Fsp3) is 0.692. The molecule has 3 heterocycles. The first kappa shape index (κ1) is 25.9. The van der Waals surface area contributed by atoms with Gasteiger partial charge in [-0.2, -0.15) is 0 Å². The van der Waals surface area contributed by atoms with Crippen LogP contribution in [0.3, 0.4) is 0 Å². The highest BCUT2D eigenvalue weighted by atomic mass is 32.2. The molecule has 9 heteroatoms. The maximum atomic E-state index is 12.8.